The number of aromatic nitrogens is 3. The second kappa shape index (κ2) is 5.90. The molecule has 108 valence electrons. The van der Waals surface area contributed by atoms with E-state index >= 15 is 0 Å². The van der Waals surface area contributed by atoms with E-state index in [1.54, 1.807) is 6.20 Å². The molecule has 0 radical (unpaired) electrons. The Labute approximate surface area is 119 Å². The van der Waals surface area contributed by atoms with E-state index in [4.69, 9.17) is 4.42 Å². The predicted molar refractivity (Wildman–Crippen MR) is 79.0 cm³/mol. The van der Waals surface area contributed by atoms with Gasteiger partial charge in [0.15, 0.2) is 0 Å². The molecule has 0 saturated heterocycles. The maximum Gasteiger partial charge on any atom is 0.213 e. The predicted octanol–water partition coefficient (Wildman–Crippen LogP) is 2.86. The van der Waals surface area contributed by atoms with Crippen molar-refractivity contribution < 1.29 is 4.42 Å². The van der Waals surface area contributed by atoms with E-state index in [2.05, 4.69) is 39.4 Å². The van der Waals surface area contributed by atoms with Crippen molar-refractivity contribution in [3.05, 3.63) is 29.2 Å². The Hall–Kier alpha value is -2.11. The van der Waals surface area contributed by atoms with Gasteiger partial charge in [0, 0.05) is 18.5 Å². The van der Waals surface area contributed by atoms with Crippen LogP contribution in [0.1, 0.15) is 42.8 Å². The molecule has 2 aromatic rings. The second-order valence-electron chi connectivity index (χ2n) is 5.03. The fourth-order valence-electron chi connectivity index (χ4n) is 1.85. The van der Waals surface area contributed by atoms with Gasteiger partial charge in [-0.3, -0.25) is 0 Å². The second-order valence-corrected chi connectivity index (χ2v) is 5.03. The molecule has 6 nitrogen and oxygen atoms in total. The first-order valence-electron chi connectivity index (χ1n) is 6.72. The standard InChI is InChI=1S/C14H21N5O/c1-8(2)12-18-13(15-5)10(4)14(19-12)17-7-11-16-6-9(3)20-11/h6,8H,7H2,1-5H3,(H2,15,17,18,19). The lowest BCUT2D eigenvalue weighted by atomic mass is 10.2. The van der Waals surface area contributed by atoms with Crippen molar-refractivity contribution >= 4 is 11.6 Å². The molecule has 0 atom stereocenters. The van der Waals surface area contributed by atoms with Gasteiger partial charge in [-0.2, -0.15) is 0 Å². The van der Waals surface area contributed by atoms with Gasteiger partial charge in [0.25, 0.3) is 0 Å². The van der Waals surface area contributed by atoms with Crippen molar-refractivity contribution in [3.63, 3.8) is 0 Å². The Morgan fingerprint density at radius 2 is 1.90 bits per heavy atom. The summed E-state index contributed by atoms with van der Waals surface area (Å²) in [5.41, 5.74) is 0.986. The number of nitrogens with zero attached hydrogens (tertiary/aromatic N) is 3. The highest BCUT2D eigenvalue weighted by atomic mass is 16.4. The molecule has 20 heavy (non-hydrogen) atoms. The van der Waals surface area contributed by atoms with Gasteiger partial charge in [0.1, 0.15) is 23.2 Å². The Morgan fingerprint density at radius 1 is 1.20 bits per heavy atom. The summed E-state index contributed by atoms with van der Waals surface area (Å²) < 4.78 is 5.45. The van der Waals surface area contributed by atoms with Crippen molar-refractivity contribution in [1.29, 1.82) is 0 Å². The SMILES string of the molecule is CNc1nc(C(C)C)nc(NCc2ncc(C)o2)c1C. The number of anilines is 2. The molecule has 2 heterocycles. The monoisotopic (exact) mass is 275 g/mol. The van der Waals surface area contributed by atoms with Crippen molar-refractivity contribution in [3.8, 4) is 0 Å². The van der Waals surface area contributed by atoms with E-state index in [9.17, 15) is 0 Å². The van der Waals surface area contributed by atoms with Gasteiger partial charge < -0.3 is 15.1 Å². The van der Waals surface area contributed by atoms with Crippen LogP contribution in [0.4, 0.5) is 11.6 Å². The largest absolute Gasteiger partial charge is 0.444 e. The van der Waals surface area contributed by atoms with Gasteiger partial charge in [-0.15, -0.1) is 0 Å². The van der Waals surface area contributed by atoms with Crippen LogP contribution in [0.3, 0.4) is 0 Å². The molecule has 0 saturated carbocycles. The van der Waals surface area contributed by atoms with Gasteiger partial charge in [-0.05, 0) is 13.8 Å². The summed E-state index contributed by atoms with van der Waals surface area (Å²) in [4.78, 5) is 13.3. The summed E-state index contributed by atoms with van der Waals surface area (Å²) in [6.45, 7) is 8.52. The zero-order valence-corrected chi connectivity index (χ0v) is 12.6. The maximum atomic E-state index is 5.45. The topological polar surface area (TPSA) is 75.9 Å². The highest BCUT2D eigenvalue weighted by Gasteiger charge is 2.12. The molecule has 0 aromatic carbocycles. The van der Waals surface area contributed by atoms with E-state index < -0.39 is 0 Å². The average Bonchev–Trinajstić information content (AvgIpc) is 2.83. The summed E-state index contributed by atoms with van der Waals surface area (Å²) in [5.74, 6) is 4.19. The lowest BCUT2D eigenvalue weighted by molar-refractivity contribution is 0.478. The number of rotatable bonds is 5. The minimum Gasteiger partial charge on any atom is -0.444 e. The smallest absolute Gasteiger partial charge is 0.213 e. The number of nitrogens with one attached hydrogen (secondary N) is 2. The molecular formula is C14H21N5O. The molecule has 6 heteroatoms. The molecule has 0 aliphatic carbocycles. The molecule has 2 N–H and O–H groups in total. The van der Waals surface area contributed by atoms with Gasteiger partial charge in [-0.1, -0.05) is 13.8 Å². The van der Waals surface area contributed by atoms with E-state index in [1.807, 2.05) is 20.9 Å². The first kappa shape index (κ1) is 14.3. The number of hydrogen-bond acceptors (Lipinski definition) is 6. The van der Waals surface area contributed by atoms with Crippen LogP contribution in [-0.4, -0.2) is 22.0 Å². The summed E-state index contributed by atoms with van der Waals surface area (Å²) >= 11 is 0. The number of aryl methyl sites for hydroxylation is 1. The molecule has 0 aliphatic rings. The van der Waals surface area contributed by atoms with Crippen LogP contribution in [0.5, 0.6) is 0 Å². The first-order valence-corrected chi connectivity index (χ1v) is 6.72. The van der Waals surface area contributed by atoms with Gasteiger partial charge in [-0.25, -0.2) is 15.0 Å². The van der Waals surface area contributed by atoms with Crippen molar-refractivity contribution in [1.82, 2.24) is 15.0 Å². The van der Waals surface area contributed by atoms with Gasteiger partial charge in [0.2, 0.25) is 5.89 Å². The molecule has 0 bridgehead atoms. The highest BCUT2D eigenvalue weighted by molar-refractivity contribution is 5.57. The fourth-order valence-corrected chi connectivity index (χ4v) is 1.85. The Kier molecular flexibility index (Phi) is 4.22. The normalized spacial score (nSPS) is 10.9. The third-order valence-corrected chi connectivity index (χ3v) is 2.99. The van der Waals surface area contributed by atoms with Crippen LogP contribution in [0.15, 0.2) is 10.6 Å². The van der Waals surface area contributed by atoms with Crippen molar-refractivity contribution in [2.75, 3.05) is 17.7 Å². The molecular weight excluding hydrogens is 254 g/mol. The quantitative estimate of drug-likeness (QED) is 0.874. The van der Waals surface area contributed by atoms with Gasteiger partial charge in [0.05, 0.1) is 12.7 Å². The minimum atomic E-state index is 0.271. The third-order valence-electron chi connectivity index (χ3n) is 2.99. The third kappa shape index (κ3) is 3.07. The van der Waals surface area contributed by atoms with Crippen LogP contribution in [0, 0.1) is 13.8 Å². The van der Waals surface area contributed by atoms with E-state index in [-0.39, 0.29) is 5.92 Å². The summed E-state index contributed by atoms with van der Waals surface area (Å²) in [7, 11) is 1.86. The molecule has 0 aliphatic heterocycles. The zero-order valence-electron chi connectivity index (χ0n) is 12.6. The molecule has 0 spiro atoms. The van der Waals surface area contributed by atoms with Crippen LogP contribution in [0.25, 0.3) is 0 Å². The molecule has 0 unspecified atom stereocenters. The Balaban J connectivity index is 2.23. The lowest BCUT2D eigenvalue weighted by Crippen LogP contribution is -2.10. The molecule has 0 amide bonds. The average molecular weight is 275 g/mol. The molecule has 0 fully saturated rings. The Morgan fingerprint density at radius 3 is 2.45 bits per heavy atom. The van der Waals surface area contributed by atoms with Crippen LogP contribution in [-0.2, 0) is 6.54 Å². The van der Waals surface area contributed by atoms with E-state index in [1.165, 1.54) is 0 Å². The zero-order chi connectivity index (χ0) is 14.7. The fraction of sp³-hybridized carbons (Fsp3) is 0.500. The van der Waals surface area contributed by atoms with Crippen molar-refractivity contribution in [2.45, 2.75) is 40.2 Å². The van der Waals surface area contributed by atoms with Crippen LogP contribution in [0.2, 0.25) is 0 Å². The first-order chi connectivity index (χ1) is 9.51. The lowest BCUT2D eigenvalue weighted by Gasteiger charge is -2.14. The van der Waals surface area contributed by atoms with Crippen molar-refractivity contribution in [2.24, 2.45) is 0 Å². The number of hydrogen-bond donors (Lipinski definition) is 2. The summed E-state index contributed by atoms with van der Waals surface area (Å²) in [5, 5.41) is 6.37. The maximum absolute atomic E-state index is 5.45. The molecule has 2 rings (SSSR count). The summed E-state index contributed by atoms with van der Waals surface area (Å²) in [6.07, 6.45) is 1.71. The molecule has 2 aromatic heterocycles. The van der Waals surface area contributed by atoms with Gasteiger partial charge >= 0.3 is 0 Å². The van der Waals surface area contributed by atoms with Crippen LogP contribution < -0.4 is 10.6 Å². The van der Waals surface area contributed by atoms with Crippen LogP contribution >= 0.6 is 0 Å². The summed E-state index contributed by atoms with van der Waals surface area (Å²) in [6, 6.07) is 0. The minimum absolute atomic E-state index is 0.271. The highest BCUT2D eigenvalue weighted by Crippen LogP contribution is 2.23. The number of oxazole rings is 1. The van der Waals surface area contributed by atoms with E-state index in [0.29, 0.717) is 12.4 Å². The Bertz CT molecular complexity index is 591. The van der Waals surface area contributed by atoms with E-state index in [0.717, 1.165) is 28.8 Å².